The van der Waals surface area contributed by atoms with Crippen molar-refractivity contribution in [1.82, 2.24) is 0 Å². The number of rotatable bonds is 5. The topological polar surface area (TPSA) is 46.5 Å². The fourth-order valence-electron chi connectivity index (χ4n) is 1.36. The minimum Gasteiger partial charge on any atom is -0.199 e. The van der Waals surface area contributed by atoms with E-state index < -0.39 is 10.0 Å². The van der Waals surface area contributed by atoms with E-state index in [1.807, 2.05) is 20.8 Å². The Kier molecular flexibility index (Phi) is 5.33. The SMILES string of the molecule is CCCS(CC)=NS(=O)(=O)c1ccc(C)cc1. The smallest absolute Gasteiger partial charge is 0.199 e. The molecule has 0 radical (unpaired) electrons. The Morgan fingerprint density at radius 3 is 2.24 bits per heavy atom. The lowest BCUT2D eigenvalue weighted by molar-refractivity contribution is 0.598. The first-order valence-corrected chi connectivity index (χ1v) is 8.68. The second-order valence-electron chi connectivity index (χ2n) is 3.82. The van der Waals surface area contributed by atoms with Gasteiger partial charge in [-0.05, 0) is 25.5 Å². The van der Waals surface area contributed by atoms with E-state index in [9.17, 15) is 8.42 Å². The molecule has 0 heterocycles. The summed E-state index contributed by atoms with van der Waals surface area (Å²) in [6, 6.07) is 6.84. The van der Waals surface area contributed by atoms with Gasteiger partial charge in [0.15, 0.2) is 0 Å². The van der Waals surface area contributed by atoms with Crippen LogP contribution in [0.1, 0.15) is 25.8 Å². The summed E-state index contributed by atoms with van der Waals surface area (Å²) in [5, 5.41) is 0. The predicted molar refractivity (Wildman–Crippen MR) is 73.9 cm³/mol. The van der Waals surface area contributed by atoms with E-state index in [4.69, 9.17) is 0 Å². The molecule has 3 nitrogen and oxygen atoms in total. The maximum Gasteiger partial charge on any atom is 0.287 e. The van der Waals surface area contributed by atoms with Crippen LogP contribution in [-0.2, 0) is 20.7 Å². The lowest BCUT2D eigenvalue weighted by Crippen LogP contribution is -2.04. The van der Waals surface area contributed by atoms with E-state index in [1.54, 1.807) is 24.3 Å². The van der Waals surface area contributed by atoms with Crippen LogP contribution in [0.15, 0.2) is 32.9 Å². The molecule has 0 N–H and O–H groups in total. The van der Waals surface area contributed by atoms with Crippen molar-refractivity contribution in [2.75, 3.05) is 11.5 Å². The van der Waals surface area contributed by atoms with Gasteiger partial charge < -0.3 is 0 Å². The second kappa shape index (κ2) is 6.31. The minimum absolute atomic E-state index is 0.296. The Hall–Kier alpha value is -0.680. The summed E-state index contributed by atoms with van der Waals surface area (Å²) in [6.07, 6.45) is 0.962. The molecule has 0 bridgehead atoms. The standard InChI is InChI=1S/C12H19NO2S2/c1-4-10-16(5-2)13-17(14,15)12-8-6-11(3)7-9-12/h6-9H,4-5,10H2,1-3H3. The van der Waals surface area contributed by atoms with Crippen molar-refractivity contribution < 1.29 is 8.42 Å². The number of aryl methyl sites for hydroxylation is 1. The summed E-state index contributed by atoms with van der Waals surface area (Å²) in [6.45, 7) is 5.96. The maximum atomic E-state index is 12.0. The zero-order valence-corrected chi connectivity index (χ0v) is 12.1. The summed E-state index contributed by atoms with van der Waals surface area (Å²) in [5.41, 5.74) is 1.05. The highest BCUT2D eigenvalue weighted by Gasteiger charge is 2.12. The van der Waals surface area contributed by atoms with Gasteiger partial charge in [0.2, 0.25) is 0 Å². The van der Waals surface area contributed by atoms with Crippen molar-refractivity contribution in [3.05, 3.63) is 29.8 Å². The predicted octanol–water partition coefficient (Wildman–Crippen LogP) is 2.92. The number of sulfonamides is 1. The number of hydrogen-bond acceptors (Lipinski definition) is 2. The Bertz CT molecular complexity index is 490. The molecule has 0 amide bonds. The van der Waals surface area contributed by atoms with Crippen molar-refractivity contribution in [2.45, 2.75) is 32.1 Å². The Labute approximate surface area is 106 Å². The molecule has 0 aliphatic heterocycles. The normalized spacial score (nSPS) is 13.8. The van der Waals surface area contributed by atoms with E-state index in [1.165, 1.54) is 0 Å². The molecule has 0 spiro atoms. The van der Waals surface area contributed by atoms with Gasteiger partial charge in [-0.15, -0.1) is 3.77 Å². The third kappa shape index (κ3) is 4.24. The van der Waals surface area contributed by atoms with Crippen LogP contribution in [0.4, 0.5) is 0 Å². The maximum absolute atomic E-state index is 12.0. The number of hydrogen-bond donors (Lipinski definition) is 0. The van der Waals surface area contributed by atoms with Crippen molar-refractivity contribution >= 4 is 20.7 Å². The molecule has 1 unspecified atom stereocenters. The van der Waals surface area contributed by atoms with Crippen LogP contribution < -0.4 is 0 Å². The van der Waals surface area contributed by atoms with Crippen LogP contribution in [0.2, 0.25) is 0 Å². The molecule has 0 fully saturated rings. The summed E-state index contributed by atoms with van der Waals surface area (Å²) < 4.78 is 28.1. The lowest BCUT2D eigenvalue weighted by Gasteiger charge is -2.04. The van der Waals surface area contributed by atoms with Crippen LogP contribution in [0, 0.1) is 6.92 Å². The third-order valence-corrected chi connectivity index (χ3v) is 6.34. The Morgan fingerprint density at radius 1 is 1.18 bits per heavy atom. The molecule has 1 aromatic rings. The van der Waals surface area contributed by atoms with Crippen molar-refractivity contribution in [2.24, 2.45) is 3.77 Å². The first kappa shape index (κ1) is 14.4. The Balaban J connectivity index is 3.06. The second-order valence-corrected chi connectivity index (χ2v) is 7.75. The van der Waals surface area contributed by atoms with Gasteiger partial charge >= 0.3 is 0 Å². The zero-order valence-electron chi connectivity index (χ0n) is 10.5. The van der Waals surface area contributed by atoms with Gasteiger partial charge in [-0.1, -0.05) is 42.2 Å². The van der Waals surface area contributed by atoms with Crippen LogP contribution in [-0.4, -0.2) is 19.9 Å². The molecular weight excluding hydrogens is 254 g/mol. The molecule has 0 saturated heterocycles. The molecule has 0 saturated carbocycles. The molecule has 1 rings (SSSR count). The van der Waals surface area contributed by atoms with Gasteiger partial charge in [0, 0.05) is 11.5 Å². The summed E-state index contributed by atoms with van der Waals surface area (Å²) in [4.78, 5) is 0.296. The van der Waals surface area contributed by atoms with Crippen LogP contribution in [0.25, 0.3) is 0 Å². The minimum atomic E-state index is -3.47. The first-order valence-electron chi connectivity index (χ1n) is 5.72. The summed E-state index contributed by atoms with van der Waals surface area (Å²) in [5.74, 6) is 1.64. The molecule has 1 aromatic carbocycles. The number of benzene rings is 1. The van der Waals surface area contributed by atoms with Gasteiger partial charge in [0.25, 0.3) is 10.0 Å². The highest BCUT2D eigenvalue weighted by Crippen LogP contribution is 2.14. The molecule has 1 atom stereocenters. The Morgan fingerprint density at radius 2 is 1.76 bits per heavy atom. The van der Waals surface area contributed by atoms with E-state index in [0.29, 0.717) is 4.90 Å². The average molecular weight is 273 g/mol. The van der Waals surface area contributed by atoms with Crippen LogP contribution in [0.3, 0.4) is 0 Å². The van der Waals surface area contributed by atoms with Crippen molar-refractivity contribution in [3.8, 4) is 0 Å². The zero-order chi connectivity index (χ0) is 12.9. The summed E-state index contributed by atoms with van der Waals surface area (Å²) >= 11 is 0. The fraction of sp³-hybridized carbons (Fsp3) is 0.500. The molecular formula is C12H19NO2S2. The van der Waals surface area contributed by atoms with E-state index in [-0.39, 0.29) is 10.7 Å². The molecule has 0 aliphatic rings. The van der Waals surface area contributed by atoms with Gasteiger partial charge in [-0.3, -0.25) is 0 Å². The van der Waals surface area contributed by atoms with E-state index in [0.717, 1.165) is 23.5 Å². The molecule has 17 heavy (non-hydrogen) atoms. The third-order valence-electron chi connectivity index (χ3n) is 2.30. The largest absolute Gasteiger partial charge is 0.287 e. The quantitative estimate of drug-likeness (QED) is 0.828. The average Bonchev–Trinajstić information content (AvgIpc) is 2.28. The van der Waals surface area contributed by atoms with Crippen molar-refractivity contribution in [1.29, 1.82) is 0 Å². The van der Waals surface area contributed by atoms with E-state index in [2.05, 4.69) is 3.77 Å². The van der Waals surface area contributed by atoms with Crippen molar-refractivity contribution in [3.63, 3.8) is 0 Å². The molecule has 0 aliphatic carbocycles. The van der Waals surface area contributed by atoms with Crippen LogP contribution >= 0.6 is 0 Å². The molecule has 96 valence electrons. The molecule has 0 aromatic heterocycles. The van der Waals surface area contributed by atoms with Gasteiger partial charge in [0.05, 0.1) is 4.90 Å². The molecule has 5 heteroatoms. The van der Waals surface area contributed by atoms with Gasteiger partial charge in [-0.2, -0.15) is 8.42 Å². The monoisotopic (exact) mass is 273 g/mol. The van der Waals surface area contributed by atoms with E-state index >= 15 is 0 Å². The summed E-state index contributed by atoms with van der Waals surface area (Å²) in [7, 11) is -3.84. The van der Waals surface area contributed by atoms with Gasteiger partial charge in [-0.25, -0.2) is 0 Å². The fourth-order valence-corrected chi connectivity index (χ4v) is 4.78. The van der Waals surface area contributed by atoms with Crippen LogP contribution in [0.5, 0.6) is 0 Å². The highest BCUT2D eigenvalue weighted by molar-refractivity contribution is 8.00. The van der Waals surface area contributed by atoms with Gasteiger partial charge in [0.1, 0.15) is 0 Å². The lowest BCUT2D eigenvalue weighted by atomic mass is 10.2. The first-order chi connectivity index (χ1) is 7.99. The number of nitrogens with zero attached hydrogens (tertiary/aromatic N) is 1. The highest BCUT2D eigenvalue weighted by atomic mass is 32.3.